The van der Waals surface area contributed by atoms with E-state index in [1.54, 1.807) is 13.0 Å². The number of hydrogen-bond acceptors (Lipinski definition) is 4. The SMILES string of the molecule is CCOC(=O)C1(C(=O)O)OC2C=CC1CC2. The highest BCUT2D eigenvalue weighted by Gasteiger charge is 2.59. The van der Waals surface area contributed by atoms with Crippen LogP contribution in [0.5, 0.6) is 0 Å². The van der Waals surface area contributed by atoms with Gasteiger partial charge in [0.15, 0.2) is 0 Å². The van der Waals surface area contributed by atoms with Gasteiger partial charge in [-0.2, -0.15) is 0 Å². The number of carboxylic acids is 1. The second kappa shape index (κ2) is 3.90. The summed E-state index contributed by atoms with van der Waals surface area (Å²) in [7, 11) is 0. The smallest absolute Gasteiger partial charge is 0.350 e. The highest BCUT2D eigenvalue weighted by atomic mass is 16.6. The van der Waals surface area contributed by atoms with Gasteiger partial charge in [0.25, 0.3) is 5.60 Å². The summed E-state index contributed by atoms with van der Waals surface area (Å²) in [6.45, 7) is 1.79. The van der Waals surface area contributed by atoms with E-state index in [0.29, 0.717) is 6.42 Å². The lowest BCUT2D eigenvalue weighted by Gasteiger charge is -2.43. The Hall–Kier alpha value is -1.36. The molecular weight excluding hydrogens is 212 g/mol. The fraction of sp³-hybridized carbons (Fsp3) is 0.636. The second-order valence-corrected chi connectivity index (χ2v) is 3.99. The summed E-state index contributed by atoms with van der Waals surface area (Å²) < 4.78 is 10.2. The van der Waals surface area contributed by atoms with Crippen molar-refractivity contribution in [1.29, 1.82) is 0 Å². The predicted molar refractivity (Wildman–Crippen MR) is 53.7 cm³/mol. The number of ether oxygens (including phenoxy) is 2. The van der Waals surface area contributed by atoms with Crippen LogP contribution in [-0.4, -0.2) is 35.4 Å². The average Bonchev–Trinajstić information content (AvgIpc) is 2.30. The highest BCUT2D eigenvalue weighted by Crippen LogP contribution is 2.41. The Morgan fingerprint density at radius 1 is 1.50 bits per heavy atom. The third kappa shape index (κ3) is 1.43. The van der Waals surface area contributed by atoms with Crippen molar-refractivity contribution < 1.29 is 24.2 Å². The van der Waals surface area contributed by atoms with Crippen molar-refractivity contribution in [1.82, 2.24) is 0 Å². The fourth-order valence-corrected chi connectivity index (χ4v) is 2.29. The molecule has 0 amide bonds. The third-order valence-electron chi connectivity index (χ3n) is 3.08. The van der Waals surface area contributed by atoms with Gasteiger partial charge in [0, 0.05) is 5.92 Å². The summed E-state index contributed by atoms with van der Waals surface area (Å²) in [5.41, 5.74) is -1.83. The monoisotopic (exact) mass is 226 g/mol. The first kappa shape index (κ1) is 11.1. The van der Waals surface area contributed by atoms with Crippen molar-refractivity contribution in [2.24, 2.45) is 5.92 Å². The normalized spacial score (nSPS) is 36.1. The Labute approximate surface area is 93.0 Å². The minimum absolute atomic E-state index is 0.151. The van der Waals surface area contributed by atoms with Gasteiger partial charge in [0.05, 0.1) is 12.7 Å². The third-order valence-corrected chi connectivity index (χ3v) is 3.08. The number of fused-ring (bicyclic) bond motifs is 2. The van der Waals surface area contributed by atoms with Crippen molar-refractivity contribution in [3.8, 4) is 0 Å². The molecule has 3 aliphatic rings. The van der Waals surface area contributed by atoms with Crippen LogP contribution in [0.2, 0.25) is 0 Å². The van der Waals surface area contributed by atoms with Crippen LogP contribution < -0.4 is 0 Å². The molecule has 0 spiro atoms. The Morgan fingerprint density at radius 3 is 2.62 bits per heavy atom. The van der Waals surface area contributed by atoms with Gasteiger partial charge in [-0.15, -0.1) is 0 Å². The Kier molecular flexibility index (Phi) is 2.71. The summed E-state index contributed by atoms with van der Waals surface area (Å²) in [5.74, 6) is -2.47. The summed E-state index contributed by atoms with van der Waals surface area (Å²) in [6.07, 6.45) is 4.68. The van der Waals surface area contributed by atoms with Crippen molar-refractivity contribution in [3.05, 3.63) is 12.2 Å². The largest absolute Gasteiger partial charge is 0.479 e. The molecule has 0 radical (unpaired) electrons. The molecular formula is C11H14O5. The van der Waals surface area contributed by atoms with Crippen LogP contribution in [-0.2, 0) is 19.1 Å². The molecule has 0 aromatic rings. The van der Waals surface area contributed by atoms with Gasteiger partial charge in [-0.05, 0) is 19.8 Å². The molecule has 88 valence electrons. The molecule has 0 saturated carbocycles. The van der Waals surface area contributed by atoms with Crippen molar-refractivity contribution >= 4 is 11.9 Å². The van der Waals surface area contributed by atoms with E-state index in [0.717, 1.165) is 6.42 Å². The van der Waals surface area contributed by atoms with Crippen LogP contribution >= 0.6 is 0 Å². The van der Waals surface area contributed by atoms with E-state index in [4.69, 9.17) is 9.47 Å². The Balaban J connectivity index is 2.34. The van der Waals surface area contributed by atoms with Crippen LogP contribution in [0.3, 0.4) is 0 Å². The first-order valence-electron chi connectivity index (χ1n) is 5.38. The Morgan fingerprint density at radius 2 is 2.25 bits per heavy atom. The quantitative estimate of drug-likeness (QED) is 0.436. The zero-order valence-electron chi connectivity index (χ0n) is 9.01. The molecule has 1 fully saturated rings. The number of carboxylic acid groups (broad SMARTS) is 1. The van der Waals surface area contributed by atoms with Gasteiger partial charge in [-0.1, -0.05) is 12.2 Å². The minimum atomic E-state index is -1.83. The molecule has 2 aliphatic heterocycles. The van der Waals surface area contributed by atoms with Crippen LogP contribution in [0.4, 0.5) is 0 Å². The molecule has 1 saturated heterocycles. The number of aliphatic carboxylic acids is 1. The minimum Gasteiger partial charge on any atom is -0.479 e. The first-order valence-corrected chi connectivity index (χ1v) is 5.38. The lowest BCUT2D eigenvalue weighted by molar-refractivity contribution is -0.209. The lowest BCUT2D eigenvalue weighted by atomic mass is 9.76. The fourth-order valence-electron chi connectivity index (χ4n) is 2.29. The van der Waals surface area contributed by atoms with E-state index in [1.165, 1.54) is 0 Å². The van der Waals surface area contributed by atoms with Gasteiger partial charge in [-0.3, -0.25) is 0 Å². The van der Waals surface area contributed by atoms with E-state index in [2.05, 4.69) is 0 Å². The van der Waals surface area contributed by atoms with Crippen LogP contribution in [0.1, 0.15) is 19.8 Å². The molecule has 1 aliphatic carbocycles. The number of hydrogen-bond donors (Lipinski definition) is 1. The van der Waals surface area contributed by atoms with Crippen LogP contribution in [0.25, 0.3) is 0 Å². The van der Waals surface area contributed by atoms with Gasteiger partial charge in [0.2, 0.25) is 0 Å². The highest BCUT2D eigenvalue weighted by molar-refractivity contribution is 6.03. The molecule has 3 rings (SSSR count). The summed E-state index contributed by atoms with van der Waals surface area (Å²) in [5, 5.41) is 9.25. The molecule has 16 heavy (non-hydrogen) atoms. The molecule has 3 unspecified atom stereocenters. The summed E-state index contributed by atoms with van der Waals surface area (Å²) >= 11 is 0. The van der Waals surface area contributed by atoms with Crippen LogP contribution in [0, 0.1) is 5.92 Å². The molecule has 0 aromatic carbocycles. The number of rotatable bonds is 3. The number of esters is 1. The second-order valence-electron chi connectivity index (χ2n) is 3.99. The summed E-state index contributed by atoms with van der Waals surface area (Å²) in [4.78, 5) is 23.1. The van der Waals surface area contributed by atoms with Crippen molar-refractivity contribution in [2.75, 3.05) is 6.61 Å². The molecule has 5 nitrogen and oxygen atoms in total. The number of carbonyl (C=O) groups excluding carboxylic acids is 1. The van der Waals surface area contributed by atoms with Crippen molar-refractivity contribution in [2.45, 2.75) is 31.5 Å². The maximum atomic E-state index is 11.8. The van der Waals surface area contributed by atoms with Gasteiger partial charge < -0.3 is 14.6 Å². The molecule has 3 atom stereocenters. The van der Waals surface area contributed by atoms with Gasteiger partial charge in [-0.25, -0.2) is 9.59 Å². The molecule has 2 bridgehead atoms. The first-order chi connectivity index (χ1) is 7.61. The van der Waals surface area contributed by atoms with Crippen LogP contribution in [0.15, 0.2) is 12.2 Å². The molecule has 1 N–H and O–H groups in total. The molecule has 2 heterocycles. The summed E-state index contributed by atoms with van der Waals surface area (Å²) in [6, 6.07) is 0. The van der Waals surface area contributed by atoms with Crippen molar-refractivity contribution in [3.63, 3.8) is 0 Å². The Bertz CT molecular complexity index is 348. The maximum Gasteiger partial charge on any atom is 0.350 e. The topological polar surface area (TPSA) is 72.8 Å². The zero-order valence-corrected chi connectivity index (χ0v) is 9.01. The molecule has 5 heteroatoms. The maximum absolute atomic E-state index is 11.8. The number of carbonyl (C=O) groups is 2. The van der Waals surface area contributed by atoms with Gasteiger partial charge in [0.1, 0.15) is 0 Å². The van der Waals surface area contributed by atoms with E-state index in [-0.39, 0.29) is 12.7 Å². The van der Waals surface area contributed by atoms with E-state index in [9.17, 15) is 14.7 Å². The van der Waals surface area contributed by atoms with Gasteiger partial charge >= 0.3 is 11.9 Å². The van der Waals surface area contributed by atoms with E-state index in [1.807, 2.05) is 6.08 Å². The predicted octanol–water partition coefficient (Wildman–Crippen LogP) is 0.738. The average molecular weight is 226 g/mol. The van der Waals surface area contributed by atoms with E-state index < -0.39 is 23.5 Å². The van der Waals surface area contributed by atoms with E-state index >= 15 is 0 Å². The lowest BCUT2D eigenvalue weighted by Crippen LogP contribution is -2.60. The molecule has 0 aromatic heterocycles. The zero-order chi connectivity index (χ0) is 11.8. The standard InChI is InChI=1S/C11H14O5/c1-2-15-10(14)11(9(12)13)7-3-5-8(16-11)6-4-7/h3,5,7-8H,2,4,6H2,1H3,(H,12,13).